The van der Waals surface area contributed by atoms with E-state index < -0.39 is 0 Å². The molecule has 7 nitrogen and oxygen atoms in total. The maximum absolute atomic E-state index is 13.5. The Morgan fingerprint density at radius 3 is 2.50 bits per heavy atom. The third-order valence-electron chi connectivity index (χ3n) is 5.57. The van der Waals surface area contributed by atoms with Crippen LogP contribution < -0.4 is 10.5 Å². The number of aromatic nitrogens is 2. The number of thiocarbonyl (C=S) groups is 1. The normalized spacial score (nSPS) is 19.5. The fourth-order valence-electron chi connectivity index (χ4n) is 3.79. The Hall–Kier alpha value is -2.23. The van der Waals surface area contributed by atoms with Crippen molar-refractivity contribution in [3.05, 3.63) is 44.7 Å². The molecule has 4 heterocycles. The fourth-order valence-corrected chi connectivity index (χ4v) is 5.16. The first-order valence-electron chi connectivity index (χ1n) is 10.2. The Labute approximate surface area is 185 Å². The van der Waals surface area contributed by atoms with Gasteiger partial charge in [-0.15, -0.1) is 0 Å². The molecule has 9 heteroatoms. The molecule has 30 heavy (non-hydrogen) atoms. The molecule has 0 spiro atoms. The first-order chi connectivity index (χ1) is 14.4. The smallest absolute Gasteiger partial charge is 0.267 e. The van der Waals surface area contributed by atoms with Crippen molar-refractivity contribution in [2.75, 3.05) is 44.2 Å². The molecule has 1 amide bonds. The van der Waals surface area contributed by atoms with Crippen LogP contribution in [0.15, 0.2) is 28.0 Å². The van der Waals surface area contributed by atoms with Gasteiger partial charge in [0.05, 0.1) is 10.5 Å². The van der Waals surface area contributed by atoms with Crippen molar-refractivity contribution in [3.8, 4) is 0 Å². The van der Waals surface area contributed by atoms with Crippen molar-refractivity contribution in [2.45, 2.75) is 20.8 Å². The molecule has 0 aromatic carbocycles. The van der Waals surface area contributed by atoms with Crippen LogP contribution in [0, 0.1) is 6.92 Å². The van der Waals surface area contributed by atoms with E-state index >= 15 is 0 Å². The van der Waals surface area contributed by atoms with Crippen LogP contribution in [0.5, 0.6) is 0 Å². The van der Waals surface area contributed by atoms with Crippen molar-refractivity contribution in [1.82, 2.24) is 19.2 Å². The standard InChI is InChI=1S/C21H25N5O2S2/c1-4-23-8-10-24(11-9-23)18-15(12-16-20(28)25(5-2)21(29)30-16)19(27)26-13-14(3)6-7-17(26)22-18/h6-7,12-13H,4-5,8-11H2,1-3H3/b16-12-. The van der Waals surface area contributed by atoms with E-state index in [0.29, 0.717) is 32.8 Å². The summed E-state index contributed by atoms with van der Waals surface area (Å²) in [6, 6.07) is 3.81. The summed E-state index contributed by atoms with van der Waals surface area (Å²) >= 11 is 6.58. The van der Waals surface area contributed by atoms with E-state index in [1.807, 2.05) is 26.0 Å². The summed E-state index contributed by atoms with van der Waals surface area (Å²) in [5.74, 6) is 0.490. The molecule has 2 aliphatic rings. The molecule has 158 valence electrons. The highest BCUT2D eigenvalue weighted by atomic mass is 32.2. The molecule has 0 atom stereocenters. The zero-order valence-corrected chi connectivity index (χ0v) is 19.1. The lowest BCUT2D eigenvalue weighted by atomic mass is 10.2. The van der Waals surface area contributed by atoms with Gasteiger partial charge in [0.1, 0.15) is 15.8 Å². The Morgan fingerprint density at radius 1 is 1.13 bits per heavy atom. The first kappa shape index (κ1) is 21.0. The number of rotatable bonds is 4. The SMILES string of the molecule is CCN1CCN(c2nc3ccc(C)cn3c(=O)c2/C=C2\SC(=S)N(CC)C2=O)CC1. The molecule has 2 aliphatic heterocycles. The molecule has 0 bridgehead atoms. The highest BCUT2D eigenvalue weighted by Crippen LogP contribution is 2.33. The molecule has 4 rings (SSSR count). The lowest BCUT2D eigenvalue weighted by Crippen LogP contribution is -2.47. The number of carbonyl (C=O) groups is 1. The molecule has 2 aromatic heterocycles. The Morgan fingerprint density at radius 2 is 1.87 bits per heavy atom. The van der Waals surface area contributed by atoms with Crippen molar-refractivity contribution >= 4 is 51.7 Å². The second-order valence-electron chi connectivity index (χ2n) is 7.44. The van der Waals surface area contributed by atoms with Crippen LogP contribution in [0.1, 0.15) is 25.0 Å². The molecule has 0 aliphatic carbocycles. The number of aryl methyl sites for hydroxylation is 1. The first-order valence-corrected chi connectivity index (χ1v) is 11.4. The van der Waals surface area contributed by atoms with E-state index in [2.05, 4.69) is 16.7 Å². The van der Waals surface area contributed by atoms with Crippen LogP contribution in [0.2, 0.25) is 0 Å². The molecular weight excluding hydrogens is 418 g/mol. The molecule has 2 saturated heterocycles. The van der Waals surface area contributed by atoms with Crippen LogP contribution >= 0.6 is 24.0 Å². The Bertz CT molecular complexity index is 1100. The summed E-state index contributed by atoms with van der Waals surface area (Å²) in [5, 5.41) is 0. The largest absolute Gasteiger partial charge is 0.353 e. The number of carbonyl (C=O) groups excluding carboxylic acids is 1. The predicted octanol–water partition coefficient (Wildman–Crippen LogP) is 2.37. The van der Waals surface area contributed by atoms with E-state index in [1.54, 1.807) is 21.6 Å². The molecule has 2 fully saturated rings. The number of hydrogen-bond donors (Lipinski definition) is 0. The van der Waals surface area contributed by atoms with Gasteiger partial charge in [0.2, 0.25) is 0 Å². The Balaban J connectivity index is 1.85. The number of thioether (sulfide) groups is 1. The van der Waals surface area contributed by atoms with E-state index in [9.17, 15) is 9.59 Å². The van der Waals surface area contributed by atoms with Gasteiger partial charge in [-0.1, -0.05) is 37.0 Å². The van der Waals surface area contributed by atoms with Gasteiger partial charge >= 0.3 is 0 Å². The summed E-state index contributed by atoms with van der Waals surface area (Å²) in [5.41, 5.74) is 1.86. The van der Waals surface area contributed by atoms with Crippen molar-refractivity contribution < 1.29 is 4.79 Å². The minimum absolute atomic E-state index is 0.150. The zero-order valence-electron chi connectivity index (χ0n) is 17.4. The molecule has 0 radical (unpaired) electrons. The van der Waals surface area contributed by atoms with Crippen LogP contribution in [0.4, 0.5) is 5.82 Å². The van der Waals surface area contributed by atoms with E-state index in [-0.39, 0.29) is 11.5 Å². The van der Waals surface area contributed by atoms with Crippen LogP contribution in [0.25, 0.3) is 11.7 Å². The highest BCUT2D eigenvalue weighted by molar-refractivity contribution is 8.26. The van der Waals surface area contributed by atoms with Gasteiger partial charge in [-0.05, 0) is 38.1 Å². The monoisotopic (exact) mass is 443 g/mol. The molecule has 0 unspecified atom stereocenters. The van der Waals surface area contributed by atoms with Crippen molar-refractivity contribution in [2.24, 2.45) is 0 Å². The molecular formula is C21H25N5O2S2. The highest BCUT2D eigenvalue weighted by Gasteiger charge is 2.32. The third kappa shape index (κ3) is 3.77. The predicted molar refractivity (Wildman–Crippen MR) is 126 cm³/mol. The average molecular weight is 444 g/mol. The van der Waals surface area contributed by atoms with Crippen molar-refractivity contribution in [1.29, 1.82) is 0 Å². The maximum atomic E-state index is 13.5. The third-order valence-corrected chi connectivity index (χ3v) is 6.95. The number of pyridine rings is 1. The lowest BCUT2D eigenvalue weighted by molar-refractivity contribution is -0.121. The number of piperazine rings is 1. The number of nitrogens with zero attached hydrogens (tertiary/aromatic N) is 5. The second kappa shape index (κ2) is 8.49. The van der Waals surface area contributed by atoms with Gasteiger partial charge < -0.3 is 9.80 Å². The maximum Gasteiger partial charge on any atom is 0.267 e. The summed E-state index contributed by atoms with van der Waals surface area (Å²) in [4.78, 5) is 37.6. The minimum atomic E-state index is -0.168. The second-order valence-corrected chi connectivity index (χ2v) is 9.11. The summed E-state index contributed by atoms with van der Waals surface area (Å²) in [7, 11) is 0. The molecule has 2 aromatic rings. The lowest BCUT2D eigenvalue weighted by Gasteiger charge is -2.35. The topological polar surface area (TPSA) is 61.2 Å². The van der Waals surface area contributed by atoms with Gasteiger partial charge in [0.25, 0.3) is 11.5 Å². The van der Waals surface area contributed by atoms with Gasteiger partial charge in [0, 0.05) is 38.9 Å². The number of anilines is 1. The average Bonchev–Trinajstić information content (AvgIpc) is 3.02. The molecule has 0 N–H and O–H groups in total. The quantitative estimate of drug-likeness (QED) is 0.531. The van der Waals surface area contributed by atoms with Gasteiger partial charge in [-0.3, -0.25) is 18.9 Å². The van der Waals surface area contributed by atoms with Crippen LogP contribution in [-0.2, 0) is 4.79 Å². The summed E-state index contributed by atoms with van der Waals surface area (Å²) < 4.78 is 2.09. The zero-order chi connectivity index (χ0) is 21.4. The van der Waals surface area contributed by atoms with Gasteiger partial charge in [-0.25, -0.2) is 4.98 Å². The van der Waals surface area contributed by atoms with Gasteiger partial charge in [-0.2, -0.15) is 0 Å². The molecule has 0 saturated carbocycles. The number of fused-ring (bicyclic) bond motifs is 1. The van der Waals surface area contributed by atoms with E-state index in [1.165, 1.54) is 11.8 Å². The fraction of sp³-hybridized carbons (Fsp3) is 0.429. The Kier molecular flexibility index (Phi) is 5.95. The van der Waals surface area contributed by atoms with E-state index in [0.717, 1.165) is 38.3 Å². The van der Waals surface area contributed by atoms with Crippen LogP contribution in [0.3, 0.4) is 0 Å². The van der Waals surface area contributed by atoms with Gasteiger partial charge in [0.15, 0.2) is 0 Å². The number of hydrogen-bond acceptors (Lipinski definition) is 7. The number of amides is 1. The van der Waals surface area contributed by atoms with E-state index in [4.69, 9.17) is 17.2 Å². The summed E-state index contributed by atoms with van der Waals surface area (Å²) in [6.07, 6.45) is 3.47. The minimum Gasteiger partial charge on any atom is -0.353 e. The van der Waals surface area contributed by atoms with Crippen LogP contribution in [-0.4, -0.2) is 68.7 Å². The summed E-state index contributed by atoms with van der Waals surface area (Å²) in [6.45, 7) is 10.9. The van der Waals surface area contributed by atoms with Crippen molar-refractivity contribution in [3.63, 3.8) is 0 Å². The number of likely N-dealkylation sites (N-methyl/N-ethyl adjacent to an activating group) is 2.